The van der Waals surface area contributed by atoms with Crippen LogP contribution in [0.5, 0.6) is 0 Å². The number of unbranched alkanes of at least 4 members (excludes halogenated alkanes) is 1. The summed E-state index contributed by atoms with van der Waals surface area (Å²) < 4.78 is 5.50. The van der Waals surface area contributed by atoms with E-state index in [0.29, 0.717) is 68.6 Å². The SMILES string of the molecule is CCCCN1C(=O)/C(=C(\NC)SCC)C(=O)N(C2CCC3(CC2)CC2(C3)C(=O)N(C)C(=O)N2CC2CCOCC2)C1=O. The summed E-state index contributed by atoms with van der Waals surface area (Å²) in [6.45, 7) is 6.19. The zero-order valence-electron chi connectivity index (χ0n) is 25.4. The Hall–Kier alpha value is -2.60. The number of thioether (sulfide) groups is 1. The second kappa shape index (κ2) is 12.2. The minimum Gasteiger partial charge on any atom is -0.382 e. The standard InChI is InChI=1S/C30H45N5O6S/c1-5-7-14-33-24(36)22(23(31-3)42-6-2)25(37)35(28(33)40)21-8-12-29(13-9-21)18-30(19-29)26(38)32(4)27(39)34(30)17-20-10-15-41-16-11-20/h20-21,31H,5-19H2,1-4H3/b23-22-. The fourth-order valence-corrected chi connectivity index (χ4v) is 8.52. The van der Waals surface area contributed by atoms with E-state index in [1.165, 1.54) is 26.5 Å². The van der Waals surface area contributed by atoms with E-state index in [4.69, 9.17) is 4.74 Å². The van der Waals surface area contributed by atoms with Crippen LogP contribution < -0.4 is 5.32 Å². The van der Waals surface area contributed by atoms with Gasteiger partial charge in [0.2, 0.25) is 0 Å². The molecule has 0 unspecified atom stereocenters. The summed E-state index contributed by atoms with van der Waals surface area (Å²) in [5, 5.41) is 3.51. The highest BCUT2D eigenvalue weighted by atomic mass is 32.2. The number of hydrogen-bond donors (Lipinski definition) is 1. The number of hydrogen-bond acceptors (Lipinski definition) is 8. The number of rotatable bonds is 9. The fourth-order valence-electron chi connectivity index (χ4n) is 7.77. The van der Waals surface area contributed by atoms with Crippen LogP contribution in [0.1, 0.15) is 78.1 Å². The second-order valence-electron chi connectivity index (χ2n) is 12.6. The third-order valence-corrected chi connectivity index (χ3v) is 11.0. The molecule has 5 rings (SSSR count). The maximum absolute atomic E-state index is 13.8. The largest absolute Gasteiger partial charge is 0.382 e. The Morgan fingerprint density at radius 1 is 0.976 bits per heavy atom. The Bertz CT molecular complexity index is 1150. The number of barbiturate groups is 1. The van der Waals surface area contributed by atoms with Crippen LogP contribution in [0.3, 0.4) is 0 Å². The molecule has 3 heterocycles. The number of ether oxygens (including phenoxy) is 1. The van der Waals surface area contributed by atoms with Gasteiger partial charge in [-0.25, -0.2) is 9.59 Å². The van der Waals surface area contributed by atoms with Gasteiger partial charge in [0, 0.05) is 46.4 Å². The Morgan fingerprint density at radius 2 is 1.64 bits per heavy atom. The van der Waals surface area contributed by atoms with Crippen LogP contribution in [-0.2, 0) is 19.1 Å². The number of carbonyl (C=O) groups excluding carboxylic acids is 5. The zero-order valence-corrected chi connectivity index (χ0v) is 26.2. The average Bonchev–Trinajstić information content (AvgIpc) is 3.14. The molecule has 3 saturated heterocycles. The van der Waals surface area contributed by atoms with Crippen molar-refractivity contribution in [2.24, 2.45) is 11.3 Å². The summed E-state index contributed by atoms with van der Waals surface area (Å²) in [6.07, 6.45) is 7.27. The first kappa shape index (κ1) is 30.8. The molecule has 7 amide bonds. The molecule has 0 atom stereocenters. The smallest absolute Gasteiger partial charge is 0.334 e. The monoisotopic (exact) mass is 603 g/mol. The molecule has 5 fully saturated rings. The lowest BCUT2D eigenvalue weighted by molar-refractivity contribution is -0.151. The van der Waals surface area contributed by atoms with E-state index >= 15 is 0 Å². The summed E-state index contributed by atoms with van der Waals surface area (Å²) >= 11 is 1.39. The predicted octanol–water partition coefficient (Wildman–Crippen LogP) is 3.54. The molecule has 3 aliphatic heterocycles. The van der Waals surface area contributed by atoms with Crippen LogP contribution in [0.25, 0.3) is 0 Å². The molecule has 0 radical (unpaired) electrons. The van der Waals surface area contributed by atoms with Crippen molar-refractivity contribution in [1.29, 1.82) is 0 Å². The molecule has 12 heteroatoms. The zero-order chi connectivity index (χ0) is 30.2. The third-order valence-electron chi connectivity index (χ3n) is 10.0. The van der Waals surface area contributed by atoms with Gasteiger partial charge in [-0.15, -0.1) is 11.8 Å². The van der Waals surface area contributed by atoms with Crippen molar-refractivity contribution in [3.8, 4) is 0 Å². The van der Waals surface area contributed by atoms with Crippen molar-refractivity contribution in [2.75, 3.05) is 46.2 Å². The third kappa shape index (κ3) is 5.12. The molecule has 5 aliphatic rings. The van der Waals surface area contributed by atoms with Gasteiger partial charge in [-0.2, -0.15) is 0 Å². The van der Waals surface area contributed by atoms with Gasteiger partial charge in [0.1, 0.15) is 11.1 Å². The van der Waals surface area contributed by atoms with Gasteiger partial charge in [-0.05, 0) is 74.9 Å². The first-order valence-electron chi connectivity index (χ1n) is 15.5. The Kier molecular flexibility index (Phi) is 8.95. The van der Waals surface area contributed by atoms with Crippen LogP contribution in [0.4, 0.5) is 9.59 Å². The number of amides is 7. The summed E-state index contributed by atoms with van der Waals surface area (Å²) in [5.41, 5.74) is -0.839. The highest BCUT2D eigenvalue weighted by Gasteiger charge is 2.68. The minimum atomic E-state index is -0.786. The molecule has 2 spiro atoms. The van der Waals surface area contributed by atoms with Crippen molar-refractivity contribution in [2.45, 2.75) is 89.6 Å². The molecule has 0 aromatic carbocycles. The molecular weight excluding hydrogens is 558 g/mol. The van der Waals surface area contributed by atoms with Crippen molar-refractivity contribution in [1.82, 2.24) is 24.9 Å². The maximum Gasteiger partial charge on any atom is 0.334 e. The molecule has 11 nitrogen and oxygen atoms in total. The van der Waals surface area contributed by atoms with Crippen LogP contribution in [0.15, 0.2) is 10.6 Å². The summed E-state index contributed by atoms with van der Waals surface area (Å²) in [7, 11) is 3.27. The quantitative estimate of drug-likeness (QED) is 0.242. The number of carbonyl (C=O) groups is 5. The van der Waals surface area contributed by atoms with Crippen molar-refractivity contribution < 1.29 is 28.7 Å². The molecular formula is C30H45N5O6S. The number of nitrogens with zero attached hydrogens (tertiary/aromatic N) is 4. The van der Waals surface area contributed by atoms with Crippen molar-refractivity contribution in [3.63, 3.8) is 0 Å². The van der Waals surface area contributed by atoms with E-state index in [2.05, 4.69) is 5.32 Å². The number of imide groups is 3. The lowest BCUT2D eigenvalue weighted by Crippen LogP contribution is -2.66. The van der Waals surface area contributed by atoms with E-state index < -0.39 is 23.4 Å². The molecule has 42 heavy (non-hydrogen) atoms. The summed E-state index contributed by atoms with van der Waals surface area (Å²) in [6, 6.07) is -1.04. The topological polar surface area (TPSA) is 120 Å². The number of nitrogens with one attached hydrogen (secondary N) is 1. The first-order chi connectivity index (χ1) is 20.1. The van der Waals surface area contributed by atoms with Gasteiger partial charge >= 0.3 is 12.1 Å². The van der Waals surface area contributed by atoms with Gasteiger partial charge in [-0.1, -0.05) is 20.3 Å². The maximum atomic E-state index is 13.8. The molecule has 0 aromatic rings. The number of urea groups is 2. The minimum absolute atomic E-state index is 0.0461. The lowest BCUT2D eigenvalue weighted by Gasteiger charge is -2.59. The van der Waals surface area contributed by atoms with Gasteiger partial charge in [-0.3, -0.25) is 29.1 Å². The molecule has 2 aliphatic carbocycles. The first-order valence-corrected chi connectivity index (χ1v) is 16.5. The van der Waals surface area contributed by atoms with Gasteiger partial charge in [0.15, 0.2) is 0 Å². The van der Waals surface area contributed by atoms with Gasteiger partial charge in [0.05, 0.1) is 5.03 Å². The van der Waals surface area contributed by atoms with Crippen LogP contribution in [-0.4, -0.2) is 107 Å². The average molecular weight is 604 g/mol. The molecule has 1 N–H and O–H groups in total. The molecule has 0 aromatic heterocycles. The van der Waals surface area contributed by atoms with Crippen LogP contribution in [0.2, 0.25) is 0 Å². The normalized spacial score (nSPS) is 32.0. The molecule has 2 saturated carbocycles. The second-order valence-corrected chi connectivity index (χ2v) is 13.9. The van der Waals surface area contributed by atoms with Crippen molar-refractivity contribution >= 4 is 41.5 Å². The lowest BCUT2D eigenvalue weighted by atomic mass is 9.51. The number of likely N-dealkylation sites (N-methyl/N-ethyl adjacent to an activating group) is 1. The highest BCUT2D eigenvalue weighted by molar-refractivity contribution is 8.03. The fraction of sp³-hybridized carbons (Fsp3) is 0.767. The van der Waals surface area contributed by atoms with E-state index in [-0.39, 0.29) is 35.5 Å². The summed E-state index contributed by atoms with van der Waals surface area (Å²) in [4.78, 5) is 73.1. The summed E-state index contributed by atoms with van der Waals surface area (Å²) in [5.74, 6) is -0.141. The van der Waals surface area contributed by atoms with Gasteiger partial charge in [0.25, 0.3) is 17.7 Å². The Labute approximate surface area is 252 Å². The van der Waals surface area contributed by atoms with Crippen LogP contribution in [0, 0.1) is 11.3 Å². The van der Waals surface area contributed by atoms with E-state index in [9.17, 15) is 24.0 Å². The Morgan fingerprint density at radius 3 is 2.24 bits per heavy atom. The van der Waals surface area contributed by atoms with E-state index in [0.717, 1.165) is 32.1 Å². The molecule has 232 valence electrons. The highest BCUT2D eigenvalue weighted by Crippen LogP contribution is 2.61. The predicted molar refractivity (Wildman–Crippen MR) is 158 cm³/mol. The van der Waals surface area contributed by atoms with E-state index in [1.54, 1.807) is 14.1 Å². The Balaban J connectivity index is 1.32. The van der Waals surface area contributed by atoms with Crippen LogP contribution >= 0.6 is 11.8 Å². The van der Waals surface area contributed by atoms with E-state index in [1.807, 2.05) is 18.7 Å². The van der Waals surface area contributed by atoms with Gasteiger partial charge < -0.3 is 15.0 Å². The molecule has 0 bridgehead atoms. The van der Waals surface area contributed by atoms with Crippen molar-refractivity contribution in [3.05, 3.63) is 10.6 Å².